The summed E-state index contributed by atoms with van der Waals surface area (Å²) in [6, 6.07) is 2.41. The molecule has 1 aliphatic carbocycles. The summed E-state index contributed by atoms with van der Waals surface area (Å²) in [5.74, 6) is -0.0148. The first-order chi connectivity index (χ1) is 8.24. The van der Waals surface area contributed by atoms with Crippen molar-refractivity contribution in [3.8, 4) is 0 Å². The molecule has 92 valence electrons. The Morgan fingerprint density at radius 3 is 2.71 bits per heavy atom. The van der Waals surface area contributed by atoms with Crippen LogP contribution in [0, 0.1) is 6.92 Å². The van der Waals surface area contributed by atoms with Crippen molar-refractivity contribution in [2.75, 3.05) is 0 Å². The van der Waals surface area contributed by atoms with Crippen LogP contribution < -0.4 is 5.32 Å². The smallest absolute Gasteiger partial charge is 0.244 e. The highest BCUT2D eigenvalue weighted by atomic mass is 16.1. The number of hydrogen-bond donors (Lipinski definition) is 1. The maximum absolute atomic E-state index is 11.3. The topological polar surface area (TPSA) is 42.0 Å². The van der Waals surface area contributed by atoms with Crippen LogP contribution >= 0.6 is 0 Å². The van der Waals surface area contributed by atoms with Gasteiger partial charge in [0.2, 0.25) is 5.91 Å². The lowest BCUT2D eigenvalue weighted by molar-refractivity contribution is -0.116. The number of rotatable bonds is 3. The van der Waals surface area contributed by atoms with Crippen LogP contribution in [0.15, 0.2) is 24.5 Å². The number of aromatic nitrogens is 1. The van der Waals surface area contributed by atoms with Crippen LogP contribution in [0.2, 0.25) is 0 Å². The number of aryl methyl sites for hydroxylation is 1. The molecule has 1 fully saturated rings. The van der Waals surface area contributed by atoms with E-state index in [1.807, 2.05) is 26.8 Å². The fourth-order valence-corrected chi connectivity index (χ4v) is 1.32. The van der Waals surface area contributed by atoms with E-state index in [1.54, 1.807) is 24.5 Å². The van der Waals surface area contributed by atoms with E-state index in [9.17, 15) is 4.79 Å². The Bertz CT molecular complexity index is 395. The predicted molar refractivity (Wildman–Crippen MR) is 70.5 cm³/mol. The minimum atomic E-state index is -0.0148. The second-order valence-corrected chi connectivity index (χ2v) is 3.91. The number of pyridine rings is 1. The molecule has 0 aromatic carbocycles. The zero-order valence-electron chi connectivity index (χ0n) is 10.7. The Hall–Kier alpha value is -1.64. The van der Waals surface area contributed by atoms with Gasteiger partial charge in [-0.2, -0.15) is 0 Å². The predicted octanol–water partition coefficient (Wildman–Crippen LogP) is 2.71. The quantitative estimate of drug-likeness (QED) is 0.814. The summed E-state index contributed by atoms with van der Waals surface area (Å²) in [5.41, 5.74) is 2.06. The van der Waals surface area contributed by atoms with Crippen LogP contribution in [0.1, 0.15) is 37.8 Å². The molecule has 0 aliphatic heterocycles. The van der Waals surface area contributed by atoms with Crippen LogP contribution in [-0.4, -0.2) is 16.9 Å². The molecule has 17 heavy (non-hydrogen) atoms. The number of nitrogens with one attached hydrogen (secondary N) is 1. The van der Waals surface area contributed by atoms with Gasteiger partial charge in [0.05, 0.1) is 0 Å². The maximum atomic E-state index is 11.3. The highest BCUT2D eigenvalue weighted by Gasteiger charge is 2.21. The van der Waals surface area contributed by atoms with Gasteiger partial charge in [0.1, 0.15) is 0 Å². The normalized spacial score (nSPS) is 14.1. The molecule has 2 rings (SSSR count). The summed E-state index contributed by atoms with van der Waals surface area (Å²) in [6.07, 6.45) is 9.12. The zero-order valence-corrected chi connectivity index (χ0v) is 10.7. The fourth-order valence-electron chi connectivity index (χ4n) is 1.32. The lowest BCUT2D eigenvalue weighted by Crippen LogP contribution is -2.22. The summed E-state index contributed by atoms with van der Waals surface area (Å²) >= 11 is 0. The molecule has 0 atom stereocenters. The lowest BCUT2D eigenvalue weighted by atomic mass is 10.2. The van der Waals surface area contributed by atoms with Crippen molar-refractivity contribution in [1.29, 1.82) is 0 Å². The molecule has 0 saturated heterocycles. The Labute approximate surface area is 103 Å². The van der Waals surface area contributed by atoms with Crippen molar-refractivity contribution in [2.45, 2.75) is 39.7 Å². The second-order valence-electron chi connectivity index (χ2n) is 3.91. The van der Waals surface area contributed by atoms with Crippen molar-refractivity contribution < 1.29 is 4.79 Å². The largest absolute Gasteiger partial charge is 0.350 e. The van der Waals surface area contributed by atoms with Crippen molar-refractivity contribution in [2.24, 2.45) is 0 Å². The molecule has 1 amide bonds. The van der Waals surface area contributed by atoms with Gasteiger partial charge in [-0.05, 0) is 43.0 Å². The standard InChI is InChI=1S/C12H14N2O.C2H6/c1-9-6-10(8-13-7-9)2-5-12(15)14-11-3-4-11;1-2/h2,5-8,11H,3-4H2,1H3,(H,14,15);1-2H3/b5-2+;. The summed E-state index contributed by atoms with van der Waals surface area (Å²) in [6.45, 7) is 5.98. The Kier molecular flexibility index (Phi) is 5.40. The summed E-state index contributed by atoms with van der Waals surface area (Å²) < 4.78 is 0. The number of carbonyl (C=O) groups is 1. The van der Waals surface area contributed by atoms with Crippen LogP contribution in [0.25, 0.3) is 6.08 Å². The van der Waals surface area contributed by atoms with Gasteiger partial charge in [0.15, 0.2) is 0 Å². The third-order valence-electron chi connectivity index (χ3n) is 2.25. The van der Waals surface area contributed by atoms with Crippen LogP contribution in [-0.2, 0) is 4.79 Å². The maximum Gasteiger partial charge on any atom is 0.244 e. The van der Waals surface area contributed by atoms with Crippen molar-refractivity contribution in [3.63, 3.8) is 0 Å². The number of hydrogen-bond acceptors (Lipinski definition) is 2. The minimum absolute atomic E-state index is 0.0148. The zero-order chi connectivity index (χ0) is 12.7. The first-order valence-electron chi connectivity index (χ1n) is 6.14. The summed E-state index contributed by atoms with van der Waals surface area (Å²) in [5, 5.41) is 2.89. The van der Waals surface area contributed by atoms with Gasteiger partial charge >= 0.3 is 0 Å². The first-order valence-corrected chi connectivity index (χ1v) is 6.14. The second kappa shape index (κ2) is 6.84. The molecule has 0 radical (unpaired) electrons. The first kappa shape index (κ1) is 13.4. The molecule has 3 nitrogen and oxygen atoms in total. The van der Waals surface area contributed by atoms with Crippen LogP contribution in [0.5, 0.6) is 0 Å². The van der Waals surface area contributed by atoms with Gasteiger partial charge in [-0.15, -0.1) is 0 Å². The van der Waals surface area contributed by atoms with Crippen molar-refractivity contribution in [3.05, 3.63) is 35.7 Å². The molecule has 1 heterocycles. The Morgan fingerprint density at radius 2 is 2.12 bits per heavy atom. The lowest BCUT2D eigenvalue weighted by Gasteiger charge is -1.97. The van der Waals surface area contributed by atoms with E-state index in [0.29, 0.717) is 6.04 Å². The van der Waals surface area contributed by atoms with E-state index in [1.165, 1.54) is 0 Å². The molecule has 1 N–H and O–H groups in total. The highest BCUT2D eigenvalue weighted by Crippen LogP contribution is 2.18. The number of amides is 1. The van der Waals surface area contributed by atoms with Gasteiger partial charge in [-0.3, -0.25) is 9.78 Å². The van der Waals surface area contributed by atoms with Gasteiger partial charge in [-0.25, -0.2) is 0 Å². The van der Waals surface area contributed by atoms with E-state index in [4.69, 9.17) is 0 Å². The highest BCUT2D eigenvalue weighted by molar-refractivity contribution is 5.92. The molecule has 0 spiro atoms. The van der Waals surface area contributed by atoms with Crippen molar-refractivity contribution in [1.82, 2.24) is 10.3 Å². The molecular formula is C14H20N2O. The third kappa shape index (κ3) is 5.29. The van der Waals surface area contributed by atoms with E-state index >= 15 is 0 Å². The molecule has 1 aromatic heterocycles. The molecule has 1 saturated carbocycles. The minimum Gasteiger partial charge on any atom is -0.350 e. The van der Waals surface area contributed by atoms with Crippen LogP contribution in [0.3, 0.4) is 0 Å². The van der Waals surface area contributed by atoms with Gasteiger partial charge in [-0.1, -0.05) is 13.8 Å². The third-order valence-corrected chi connectivity index (χ3v) is 2.25. The molecule has 3 heteroatoms. The van der Waals surface area contributed by atoms with E-state index in [-0.39, 0.29) is 5.91 Å². The molecule has 0 unspecified atom stereocenters. The van der Waals surface area contributed by atoms with Gasteiger partial charge in [0, 0.05) is 24.5 Å². The number of nitrogens with zero attached hydrogens (tertiary/aromatic N) is 1. The molecule has 1 aliphatic rings. The molecule has 0 bridgehead atoms. The van der Waals surface area contributed by atoms with Gasteiger partial charge in [0.25, 0.3) is 0 Å². The van der Waals surface area contributed by atoms with E-state index in [0.717, 1.165) is 24.0 Å². The van der Waals surface area contributed by atoms with E-state index < -0.39 is 0 Å². The van der Waals surface area contributed by atoms with Gasteiger partial charge < -0.3 is 5.32 Å². The Balaban J connectivity index is 0.000000686. The monoisotopic (exact) mass is 232 g/mol. The fraction of sp³-hybridized carbons (Fsp3) is 0.429. The van der Waals surface area contributed by atoms with Crippen LogP contribution in [0.4, 0.5) is 0 Å². The molecular weight excluding hydrogens is 212 g/mol. The molecule has 1 aromatic rings. The number of carbonyl (C=O) groups excluding carboxylic acids is 1. The SMILES string of the molecule is CC.Cc1cncc(/C=C/C(=O)NC2CC2)c1. The summed E-state index contributed by atoms with van der Waals surface area (Å²) in [4.78, 5) is 15.4. The van der Waals surface area contributed by atoms with E-state index in [2.05, 4.69) is 10.3 Å². The average molecular weight is 232 g/mol. The summed E-state index contributed by atoms with van der Waals surface area (Å²) in [7, 11) is 0. The Morgan fingerprint density at radius 1 is 1.41 bits per heavy atom. The average Bonchev–Trinajstić information content (AvgIpc) is 3.13. The van der Waals surface area contributed by atoms with Crippen molar-refractivity contribution >= 4 is 12.0 Å².